The minimum absolute atomic E-state index is 0.628. The zero-order valence-corrected chi connectivity index (χ0v) is 15.3. The average Bonchev–Trinajstić information content (AvgIpc) is 2.63. The number of pyridine rings is 1. The van der Waals surface area contributed by atoms with E-state index in [0.29, 0.717) is 10.0 Å². The molecule has 2 heterocycles. The van der Waals surface area contributed by atoms with Crippen LogP contribution >= 0.6 is 23.2 Å². The van der Waals surface area contributed by atoms with Gasteiger partial charge in [-0.15, -0.1) is 0 Å². The van der Waals surface area contributed by atoms with Crippen LogP contribution < -0.4 is 0 Å². The number of nitrogens with zero attached hydrogens (tertiary/aromatic N) is 3. The van der Waals surface area contributed by atoms with Gasteiger partial charge in [0, 0.05) is 51.7 Å². The third-order valence-corrected chi connectivity index (χ3v) is 5.37. The molecule has 0 unspecified atom stereocenters. The Kier molecular flexibility index (Phi) is 6.50. The number of benzene rings is 1. The van der Waals surface area contributed by atoms with E-state index in [1.54, 1.807) is 0 Å². The Morgan fingerprint density at radius 2 is 1.33 bits per heavy atom. The molecule has 3 nitrogen and oxygen atoms in total. The predicted molar refractivity (Wildman–Crippen MR) is 101 cm³/mol. The summed E-state index contributed by atoms with van der Waals surface area (Å²) in [4.78, 5) is 9.15. The van der Waals surface area contributed by atoms with E-state index < -0.39 is 0 Å². The van der Waals surface area contributed by atoms with Crippen LogP contribution in [-0.4, -0.2) is 54.1 Å². The fourth-order valence-electron chi connectivity index (χ4n) is 3.06. The summed E-state index contributed by atoms with van der Waals surface area (Å²) in [7, 11) is 0. The number of rotatable bonds is 6. The van der Waals surface area contributed by atoms with E-state index in [0.717, 1.165) is 52.1 Å². The van der Waals surface area contributed by atoms with Crippen molar-refractivity contribution in [2.75, 3.05) is 39.3 Å². The maximum absolute atomic E-state index is 6.08. The lowest BCUT2D eigenvalue weighted by Crippen LogP contribution is -2.47. The largest absolute Gasteiger partial charge is 0.300 e. The van der Waals surface area contributed by atoms with E-state index in [1.165, 1.54) is 11.1 Å². The van der Waals surface area contributed by atoms with Crippen molar-refractivity contribution in [1.82, 2.24) is 14.8 Å². The smallest absolute Gasteiger partial charge is 0.0595 e. The fraction of sp³-hybridized carbons (Fsp3) is 0.421. The van der Waals surface area contributed by atoms with E-state index in [2.05, 4.69) is 33.0 Å². The van der Waals surface area contributed by atoms with Crippen LogP contribution in [0.15, 0.2) is 42.7 Å². The van der Waals surface area contributed by atoms with E-state index in [1.807, 2.05) is 24.5 Å². The molecule has 0 spiro atoms. The van der Waals surface area contributed by atoms with Gasteiger partial charge in [-0.25, -0.2) is 0 Å². The van der Waals surface area contributed by atoms with Crippen LogP contribution in [-0.2, 0) is 12.8 Å². The van der Waals surface area contributed by atoms with E-state index in [9.17, 15) is 0 Å². The Labute approximate surface area is 154 Å². The number of piperazine rings is 1. The van der Waals surface area contributed by atoms with Gasteiger partial charge in [-0.2, -0.15) is 0 Å². The van der Waals surface area contributed by atoms with Gasteiger partial charge in [0.2, 0.25) is 0 Å². The van der Waals surface area contributed by atoms with Crippen molar-refractivity contribution < 1.29 is 0 Å². The van der Waals surface area contributed by atoms with Gasteiger partial charge < -0.3 is 9.80 Å². The fourth-order valence-corrected chi connectivity index (χ4v) is 3.38. The maximum atomic E-state index is 6.08. The highest BCUT2D eigenvalue weighted by molar-refractivity contribution is 6.42. The lowest BCUT2D eigenvalue weighted by atomic mass is 10.1. The van der Waals surface area contributed by atoms with Gasteiger partial charge in [-0.05, 0) is 48.2 Å². The molecule has 1 saturated heterocycles. The van der Waals surface area contributed by atoms with Crippen LogP contribution in [0.2, 0.25) is 10.0 Å². The van der Waals surface area contributed by atoms with Crippen LogP contribution in [0, 0.1) is 0 Å². The van der Waals surface area contributed by atoms with Gasteiger partial charge in [-0.1, -0.05) is 29.3 Å². The molecule has 0 N–H and O–H groups in total. The molecule has 0 saturated carbocycles. The van der Waals surface area contributed by atoms with Gasteiger partial charge in [0.25, 0.3) is 0 Å². The summed E-state index contributed by atoms with van der Waals surface area (Å²) in [5.41, 5.74) is 2.62. The highest BCUT2D eigenvalue weighted by Crippen LogP contribution is 2.22. The molecule has 128 valence electrons. The number of hydrogen-bond donors (Lipinski definition) is 0. The van der Waals surface area contributed by atoms with Crippen molar-refractivity contribution in [3.8, 4) is 0 Å². The summed E-state index contributed by atoms with van der Waals surface area (Å²) in [6.07, 6.45) is 5.87. The summed E-state index contributed by atoms with van der Waals surface area (Å²) in [6, 6.07) is 10.1. The molecular weight excluding hydrogens is 341 g/mol. The van der Waals surface area contributed by atoms with Crippen LogP contribution in [0.1, 0.15) is 11.1 Å². The molecule has 0 atom stereocenters. The van der Waals surface area contributed by atoms with Crippen molar-refractivity contribution >= 4 is 23.2 Å². The standard InChI is InChI=1S/C19H23Cl2N3/c20-18-2-1-17(15-19(18)21)6-10-24-13-11-23(12-14-24)9-5-16-3-7-22-8-4-16/h1-4,7-8,15H,5-6,9-14H2. The third kappa shape index (κ3) is 5.18. The summed E-state index contributed by atoms with van der Waals surface area (Å²) in [5.74, 6) is 0. The first-order valence-corrected chi connectivity index (χ1v) is 9.24. The number of aromatic nitrogens is 1. The highest BCUT2D eigenvalue weighted by Gasteiger charge is 2.16. The summed E-state index contributed by atoms with van der Waals surface area (Å²) in [6.45, 7) is 6.77. The molecule has 3 rings (SSSR count). The van der Waals surface area contributed by atoms with Crippen molar-refractivity contribution in [2.24, 2.45) is 0 Å². The van der Waals surface area contributed by atoms with E-state index >= 15 is 0 Å². The van der Waals surface area contributed by atoms with Crippen LogP contribution in [0.4, 0.5) is 0 Å². The Hall–Kier alpha value is -1.13. The maximum Gasteiger partial charge on any atom is 0.0595 e. The van der Waals surface area contributed by atoms with Crippen LogP contribution in [0.25, 0.3) is 0 Å². The second-order valence-corrected chi connectivity index (χ2v) is 7.10. The first kappa shape index (κ1) is 17.7. The highest BCUT2D eigenvalue weighted by atomic mass is 35.5. The van der Waals surface area contributed by atoms with Crippen LogP contribution in [0.3, 0.4) is 0 Å². The molecular formula is C19H23Cl2N3. The van der Waals surface area contributed by atoms with Gasteiger partial charge in [0.1, 0.15) is 0 Å². The molecule has 1 aliphatic rings. The molecule has 1 aliphatic heterocycles. The Balaban J connectivity index is 1.38. The Morgan fingerprint density at radius 3 is 1.92 bits per heavy atom. The molecule has 24 heavy (non-hydrogen) atoms. The van der Waals surface area contributed by atoms with Crippen molar-refractivity contribution in [1.29, 1.82) is 0 Å². The summed E-state index contributed by atoms with van der Waals surface area (Å²) in [5, 5.41) is 1.28. The second kappa shape index (κ2) is 8.82. The molecule has 1 fully saturated rings. The first-order chi connectivity index (χ1) is 11.7. The Morgan fingerprint density at radius 1 is 0.750 bits per heavy atom. The molecule has 0 radical (unpaired) electrons. The lowest BCUT2D eigenvalue weighted by Gasteiger charge is -2.34. The van der Waals surface area contributed by atoms with Crippen LogP contribution in [0.5, 0.6) is 0 Å². The van der Waals surface area contributed by atoms with E-state index in [4.69, 9.17) is 23.2 Å². The number of hydrogen-bond acceptors (Lipinski definition) is 3. The van der Waals surface area contributed by atoms with Gasteiger partial charge in [-0.3, -0.25) is 4.98 Å². The van der Waals surface area contributed by atoms with E-state index in [-0.39, 0.29) is 0 Å². The minimum Gasteiger partial charge on any atom is -0.300 e. The summed E-state index contributed by atoms with van der Waals surface area (Å²) >= 11 is 12.1. The summed E-state index contributed by atoms with van der Waals surface area (Å²) < 4.78 is 0. The normalized spacial score (nSPS) is 16.4. The monoisotopic (exact) mass is 363 g/mol. The second-order valence-electron chi connectivity index (χ2n) is 6.29. The van der Waals surface area contributed by atoms with Crippen molar-refractivity contribution in [3.05, 3.63) is 63.9 Å². The topological polar surface area (TPSA) is 19.4 Å². The zero-order valence-electron chi connectivity index (χ0n) is 13.8. The molecule has 1 aromatic carbocycles. The number of halogens is 2. The zero-order chi connectivity index (χ0) is 16.8. The SMILES string of the molecule is Clc1ccc(CCN2CCN(CCc3ccncc3)CC2)cc1Cl. The molecule has 2 aromatic rings. The van der Waals surface area contributed by atoms with Crippen molar-refractivity contribution in [2.45, 2.75) is 12.8 Å². The first-order valence-electron chi connectivity index (χ1n) is 8.48. The molecule has 0 aliphatic carbocycles. The minimum atomic E-state index is 0.628. The molecule has 0 bridgehead atoms. The van der Waals surface area contributed by atoms with Gasteiger partial charge in [0.15, 0.2) is 0 Å². The molecule has 1 aromatic heterocycles. The van der Waals surface area contributed by atoms with Gasteiger partial charge >= 0.3 is 0 Å². The third-order valence-electron chi connectivity index (χ3n) is 4.63. The van der Waals surface area contributed by atoms with Gasteiger partial charge in [0.05, 0.1) is 10.0 Å². The quantitative estimate of drug-likeness (QED) is 0.778. The lowest BCUT2D eigenvalue weighted by molar-refractivity contribution is 0.134. The van der Waals surface area contributed by atoms with Crippen molar-refractivity contribution in [3.63, 3.8) is 0 Å². The average molecular weight is 364 g/mol. The Bertz CT molecular complexity index is 640. The predicted octanol–water partition coefficient (Wildman–Crippen LogP) is 3.79. The molecule has 5 heteroatoms. The molecule has 0 amide bonds.